The van der Waals surface area contributed by atoms with Gasteiger partial charge in [-0.25, -0.2) is 4.98 Å². The van der Waals surface area contributed by atoms with E-state index in [0.29, 0.717) is 18.0 Å². The third kappa shape index (κ3) is 2.40. The van der Waals surface area contributed by atoms with Crippen LogP contribution >= 0.6 is 11.3 Å². The highest BCUT2D eigenvalue weighted by Crippen LogP contribution is 2.43. The molecule has 110 valence electrons. The van der Waals surface area contributed by atoms with E-state index in [-0.39, 0.29) is 17.6 Å². The maximum Gasteiger partial charge on any atom is 0.226 e. The predicted octanol–water partition coefficient (Wildman–Crippen LogP) is 2.37. The summed E-state index contributed by atoms with van der Waals surface area (Å²) in [6, 6.07) is 5.16. The van der Waals surface area contributed by atoms with Gasteiger partial charge < -0.3 is 20.5 Å². The lowest BCUT2D eigenvalue weighted by molar-refractivity contribution is -0.116. The predicted molar refractivity (Wildman–Crippen MR) is 81.4 cm³/mol. The van der Waals surface area contributed by atoms with Crippen molar-refractivity contribution < 1.29 is 14.6 Å². The molecule has 3 N–H and O–H groups in total. The number of ether oxygens (including phenoxy) is 1. The van der Waals surface area contributed by atoms with E-state index >= 15 is 0 Å². The Morgan fingerprint density at radius 2 is 2.33 bits per heavy atom. The number of hydrogen-bond donors (Lipinski definition) is 3. The first-order valence-corrected chi connectivity index (χ1v) is 7.29. The van der Waals surface area contributed by atoms with Gasteiger partial charge in [0.1, 0.15) is 5.82 Å². The molecule has 0 bridgehead atoms. The molecule has 1 aromatic carbocycles. The molecule has 0 unspecified atom stereocenters. The summed E-state index contributed by atoms with van der Waals surface area (Å²) in [4.78, 5) is 17.2. The van der Waals surface area contributed by atoms with E-state index in [9.17, 15) is 9.90 Å². The number of aromatic hydroxyl groups is 1. The van der Waals surface area contributed by atoms with E-state index < -0.39 is 0 Å². The molecule has 0 saturated heterocycles. The van der Waals surface area contributed by atoms with Gasteiger partial charge >= 0.3 is 0 Å². The fourth-order valence-electron chi connectivity index (χ4n) is 2.41. The summed E-state index contributed by atoms with van der Waals surface area (Å²) < 4.78 is 5.14. The molecule has 2 heterocycles. The molecule has 1 aromatic heterocycles. The molecule has 0 saturated carbocycles. The molecular weight excluding hydrogens is 290 g/mol. The molecule has 3 rings (SSSR count). The number of hydrogen-bond acceptors (Lipinski definition) is 6. The first-order chi connectivity index (χ1) is 10.1. The van der Waals surface area contributed by atoms with Crippen LogP contribution in [0.4, 0.5) is 10.9 Å². The van der Waals surface area contributed by atoms with Crippen molar-refractivity contribution in [2.24, 2.45) is 0 Å². The first-order valence-electron chi connectivity index (χ1n) is 6.47. The van der Waals surface area contributed by atoms with E-state index in [1.54, 1.807) is 19.2 Å². The van der Waals surface area contributed by atoms with Crippen LogP contribution in [-0.2, 0) is 4.79 Å². The molecule has 0 spiro atoms. The second-order valence-corrected chi connectivity index (χ2v) is 5.75. The van der Waals surface area contributed by atoms with Gasteiger partial charge in [-0.1, -0.05) is 17.4 Å². The maximum atomic E-state index is 11.9. The summed E-state index contributed by atoms with van der Waals surface area (Å²) in [7, 11) is 3.30. The van der Waals surface area contributed by atoms with Crippen molar-refractivity contribution in [1.29, 1.82) is 0 Å². The van der Waals surface area contributed by atoms with Gasteiger partial charge in [-0.15, -0.1) is 0 Å². The van der Waals surface area contributed by atoms with Crippen molar-refractivity contribution >= 4 is 28.2 Å². The van der Waals surface area contributed by atoms with Gasteiger partial charge in [0.25, 0.3) is 0 Å². The van der Waals surface area contributed by atoms with Crippen molar-refractivity contribution in [2.45, 2.75) is 12.3 Å². The number of carbonyl (C=O) groups excluding carboxylic acids is 1. The minimum atomic E-state index is -0.0807. The van der Waals surface area contributed by atoms with Crippen LogP contribution in [0.15, 0.2) is 18.2 Å². The Kier molecular flexibility index (Phi) is 3.42. The number of nitrogens with zero attached hydrogens (tertiary/aromatic N) is 1. The van der Waals surface area contributed by atoms with Crippen molar-refractivity contribution in [3.05, 3.63) is 28.6 Å². The van der Waals surface area contributed by atoms with Gasteiger partial charge in [0, 0.05) is 19.4 Å². The summed E-state index contributed by atoms with van der Waals surface area (Å²) in [6.07, 6.45) is 0.353. The lowest BCUT2D eigenvalue weighted by Crippen LogP contribution is -2.22. The maximum absolute atomic E-state index is 11.9. The molecular formula is C14H15N3O3S. The second-order valence-electron chi connectivity index (χ2n) is 4.72. The Bertz CT molecular complexity index is 699. The lowest BCUT2D eigenvalue weighted by atomic mass is 9.91. The van der Waals surface area contributed by atoms with Crippen LogP contribution in [-0.4, -0.2) is 30.2 Å². The molecule has 1 atom stereocenters. The van der Waals surface area contributed by atoms with Crippen LogP contribution in [0.3, 0.4) is 0 Å². The van der Waals surface area contributed by atoms with E-state index in [0.717, 1.165) is 15.6 Å². The van der Waals surface area contributed by atoms with Crippen molar-refractivity contribution in [1.82, 2.24) is 4.98 Å². The number of aromatic nitrogens is 1. The Morgan fingerprint density at radius 1 is 1.52 bits per heavy atom. The molecule has 1 aliphatic rings. The largest absolute Gasteiger partial charge is 0.504 e. The van der Waals surface area contributed by atoms with Gasteiger partial charge in [-0.05, 0) is 17.7 Å². The molecule has 2 aromatic rings. The zero-order chi connectivity index (χ0) is 15.0. The van der Waals surface area contributed by atoms with Gasteiger partial charge in [-0.2, -0.15) is 0 Å². The van der Waals surface area contributed by atoms with Crippen LogP contribution in [0, 0.1) is 0 Å². The minimum absolute atomic E-state index is 0.0625. The number of thiazole rings is 1. The highest BCUT2D eigenvalue weighted by atomic mass is 32.1. The molecule has 1 aliphatic heterocycles. The first kappa shape index (κ1) is 13.7. The summed E-state index contributed by atoms with van der Waals surface area (Å²) in [5.74, 6) is 0.952. The summed E-state index contributed by atoms with van der Waals surface area (Å²) in [5.41, 5.74) is 0.923. The summed E-state index contributed by atoms with van der Waals surface area (Å²) in [5, 5.41) is 16.2. The van der Waals surface area contributed by atoms with Crippen molar-refractivity contribution in [2.75, 3.05) is 24.8 Å². The number of benzene rings is 1. The smallest absolute Gasteiger partial charge is 0.226 e. The van der Waals surface area contributed by atoms with E-state index in [1.807, 2.05) is 6.07 Å². The third-order valence-corrected chi connectivity index (χ3v) is 4.62. The Hall–Kier alpha value is -2.28. The number of phenols is 1. The van der Waals surface area contributed by atoms with Crippen molar-refractivity contribution in [3.63, 3.8) is 0 Å². The summed E-state index contributed by atoms with van der Waals surface area (Å²) >= 11 is 1.52. The quantitative estimate of drug-likeness (QED) is 0.811. The van der Waals surface area contributed by atoms with Crippen LogP contribution in [0.25, 0.3) is 0 Å². The molecule has 0 aliphatic carbocycles. The van der Waals surface area contributed by atoms with Gasteiger partial charge in [-0.3, -0.25) is 4.79 Å². The van der Waals surface area contributed by atoms with Crippen LogP contribution < -0.4 is 15.4 Å². The molecule has 0 radical (unpaired) electrons. The number of methoxy groups -OCH3 is 1. The fourth-order valence-corrected chi connectivity index (χ4v) is 3.41. The number of carbonyl (C=O) groups is 1. The Morgan fingerprint density at radius 3 is 3.05 bits per heavy atom. The van der Waals surface area contributed by atoms with Crippen LogP contribution in [0.1, 0.15) is 22.8 Å². The van der Waals surface area contributed by atoms with Crippen LogP contribution in [0.5, 0.6) is 11.5 Å². The van der Waals surface area contributed by atoms with Crippen molar-refractivity contribution in [3.8, 4) is 11.5 Å². The average molecular weight is 305 g/mol. The topological polar surface area (TPSA) is 83.5 Å². The number of fused-ring (bicyclic) bond motifs is 1. The second kappa shape index (κ2) is 5.25. The van der Waals surface area contributed by atoms with Gasteiger partial charge in [0.15, 0.2) is 16.6 Å². The minimum Gasteiger partial charge on any atom is -0.504 e. The highest BCUT2D eigenvalue weighted by molar-refractivity contribution is 7.16. The fraction of sp³-hybridized carbons (Fsp3) is 0.286. The zero-order valence-corrected chi connectivity index (χ0v) is 12.5. The molecule has 6 nitrogen and oxygen atoms in total. The van der Waals surface area contributed by atoms with Crippen LogP contribution in [0.2, 0.25) is 0 Å². The Labute approximate surface area is 125 Å². The third-order valence-electron chi connectivity index (χ3n) is 3.44. The number of nitrogens with one attached hydrogen (secondary N) is 2. The molecule has 1 amide bonds. The normalized spacial score (nSPS) is 17.0. The monoisotopic (exact) mass is 305 g/mol. The number of anilines is 2. The summed E-state index contributed by atoms with van der Waals surface area (Å²) in [6.45, 7) is 0. The lowest BCUT2D eigenvalue weighted by Gasteiger charge is -2.22. The van der Waals surface area contributed by atoms with E-state index in [4.69, 9.17) is 4.74 Å². The number of phenolic OH excluding ortho intramolecular Hbond substituents is 1. The number of rotatable bonds is 3. The van der Waals surface area contributed by atoms with Gasteiger partial charge in [0.05, 0.1) is 12.0 Å². The zero-order valence-electron chi connectivity index (χ0n) is 11.6. The molecule has 7 heteroatoms. The molecule has 21 heavy (non-hydrogen) atoms. The molecule has 0 fully saturated rings. The standard InChI is InChI=1S/C14H15N3O3S/c1-15-14-17-13-12(21-14)8(6-11(19)16-13)7-3-4-9(18)10(5-7)20-2/h3-5,8,18H,6H2,1-2H3,(H,15,17)(H,16,19)/t8-/m1/s1. The average Bonchev–Trinajstić information content (AvgIpc) is 2.89. The number of amides is 1. The van der Waals surface area contributed by atoms with E-state index in [1.165, 1.54) is 18.4 Å². The SMILES string of the molecule is CNc1nc2c(s1)[C@@H](c1ccc(O)c(OC)c1)CC(=O)N2. The van der Waals surface area contributed by atoms with E-state index in [2.05, 4.69) is 15.6 Å². The van der Waals surface area contributed by atoms with Gasteiger partial charge in [0.2, 0.25) is 5.91 Å². The Balaban J connectivity index is 2.06. The highest BCUT2D eigenvalue weighted by Gasteiger charge is 2.30.